The Balaban J connectivity index is 1.83. The van der Waals surface area contributed by atoms with Crippen LogP contribution in [0.2, 0.25) is 0 Å². The Bertz CT molecular complexity index is 820. The van der Waals surface area contributed by atoms with E-state index < -0.39 is 0 Å². The molecule has 0 aromatic carbocycles. The monoisotopic (exact) mass is 343 g/mol. The van der Waals surface area contributed by atoms with E-state index >= 15 is 0 Å². The van der Waals surface area contributed by atoms with Crippen molar-refractivity contribution >= 4 is 23.0 Å². The quantitative estimate of drug-likeness (QED) is 0.736. The molecule has 0 radical (unpaired) electrons. The summed E-state index contributed by atoms with van der Waals surface area (Å²) >= 11 is 1.57. The lowest BCUT2D eigenvalue weighted by Crippen LogP contribution is -1.98. The van der Waals surface area contributed by atoms with Crippen LogP contribution in [0.25, 0.3) is 10.6 Å². The maximum atomic E-state index is 5.14. The lowest BCUT2D eigenvalue weighted by Gasteiger charge is -2.06. The largest absolute Gasteiger partial charge is 0.481 e. The van der Waals surface area contributed by atoms with Crippen LogP contribution >= 0.6 is 11.3 Å². The van der Waals surface area contributed by atoms with Crippen molar-refractivity contribution in [1.29, 1.82) is 0 Å². The molecule has 0 fully saturated rings. The molecule has 0 spiro atoms. The number of aromatic nitrogens is 4. The van der Waals surface area contributed by atoms with Gasteiger partial charge in [0.25, 0.3) is 0 Å². The second-order valence-corrected chi connectivity index (χ2v) is 6.02. The molecule has 0 saturated heterocycles. The third-order valence-electron chi connectivity index (χ3n) is 3.20. The average Bonchev–Trinajstić information content (AvgIpc) is 2.97. The van der Waals surface area contributed by atoms with E-state index in [2.05, 4.69) is 25.3 Å². The lowest BCUT2D eigenvalue weighted by molar-refractivity contribution is 0.184. The zero-order chi connectivity index (χ0) is 16.9. The second kappa shape index (κ2) is 7.33. The Kier molecular flexibility index (Phi) is 4.97. The van der Waals surface area contributed by atoms with Crippen molar-refractivity contribution in [1.82, 2.24) is 19.9 Å². The van der Waals surface area contributed by atoms with E-state index in [-0.39, 0.29) is 0 Å². The third-order valence-corrected chi connectivity index (χ3v) is 4.35. The highest BCUT2D eigenvalue weighted by molar-refractivity contribution is 7.15. The highest BCUT2D eigenvalue weighted by atomic mass is 32.1. The minimum absolute atomic E-state index is 0.499. The number of pyridine rings is 1. The first-order valence-corrected chi connectivity index (χ1v) is 8.07. The molecule has 0 saturated carbocycles. The molecule has 24 heavy (non-hydrogen) atoms. The van der Waals surface area contributed by atoms with Crippen LogP contribution in [0.15, 0.2) is 30.6 Å². The predicted molar refractivity (Wildman–Crippen MR) is 92.7 cm³/mol. The molecule has 3 aromatic rings. The maximum absolute atomic E-state index is 5.14. The van der Waals surface area contributed by atoms with Crippen molar-refractivity contribution in [3.05, 3.63) is 41.3 Å². The van der Waals surface area contributed by atoms with Gasteiger partial charge in [-0.1, -0.05) is 0 Å². The number of methoxy groups -OCH3 is 2. The van der Waals surface area contributed by atoms with Crippen molar-refractivity contribution in [2.75, 3.05) is 19.5 Å². The SMILES string of the molecule is COCc1nc(C)c(-c2ccnc(Nc3ccc(OC)nc3)n2)s1. The number of nitrogens with one attached hydrogen (secondary N) is 1. The van der Waals surface area contributed by atoms with Gasteiger partial charge in [0.05, 0.1) is 41.9 Å². The fourth-order valence-corrected chi connectivity index (χ4v) is 3.13. The standard InChI is InChI=1S/C16H17N5O2S/c1-10-15(24-14(19-10)9-22-2)12-6-7-17-16(21-12)20-11-4-5-13(23-3)18-8-11/h4-8H,9H2,1-3H3,(H,17,20,21). The zero-order valence-corrected chi connectivity index (χ0v) is 14.4. The van der Waals surface area contributed by atoms with E-state index in [1.165, 1.54) is 0 Å². The van der Waals surface area contributed by atoms with E-state index in [1.807, 2.05) is 19.1 Å². The summed E-state index contributed by atoms with van der Waals surface area (Å²) < 4.78 is 10.2. The molecule has 3 heterocycles. The summed E-state index contributed by atoms with van der Waals surface area (Å²) in [5.41, 5.74) is 2.54. The molecule has 0 atom stereocenters. The Labute approximate surface area is 143 Å². The van der Waals surface area contributed by atoms with Crippen molar-refractivity contribution in [2.45, 2.75) is 13.5 Å². The zero-order valence-electron chi connectivity index (χ0n) is 13.6. The van der Waals surface area contributed by atoms with Crippen LogP contribution in [-0.2, 0) is 11.3 Å². The first kappa shape index (κ1) is 16.3. The van der Waals surface area contributed by atoms with E-state index in [9.17, 15) is 0 Å². The highest BCUT2D eigenvalue weighted by Crippen LogP contribution is 2.29. The van der Waals surface area contributed by atoms with Crippen LogP contribution < -0.4 is 10.1 Å². The summed E-state index contributed by atoms with van der Waals surface area (Å²) in [6.07, 6.45) is 3.39. The van der Waals surface area contributed by atoms with Crippen molar-refractivity contribution in [3.63, 3.8) is 0 Å². The van der Waals surface area contributed by atoms with E-state index in [4.69, 9.17) is 9.47 Å². The minimum Gasteiger partial charge on any atom is -0.481 e. The van der Waals surface area contributed by atoms with Gasteiger partial charge in [0.1, 0.15) is 5.01 Å². The van der Waals surface area contributed by atoms with Crippen LogP contribution in [0.1, 0.15) is 10.7 Å². The normalized spacial score (nSPS) is 10.6. The molecule has 7 nitrogen and oxygen atoms in total. The van der Waals surface area contributed by atoms with Gasteiger partial charge in [-0.15, -0.1) is 11.3 Å². The number of aryl methyl sites for hydroxylation is 1. The van der Waals surface area contributed by atoms with Crippen LogP contribution in [0.5, 0.6) is 5.88 Å². The van der Waals surface area contributed by atoms with E-state index in [1.54, 1.807) is 44.0 Å². The molecule has 3 aromatic heterocycles. The van der Waals surface area contributed by atoms with Gasteiger partial charge in [0.2, 0.25) is 11.8 Å². The molecular weight excluding hydrogens is 326 g/mol. The first-order valence-electron chi connectivity index (χ1n) is 7.25. The van der Waals surface area contributed by atoms with Crippen LogP contribution in [-0.4, -0.2) is 34.2 Å². The van der Waals surface area contributed by atoms with Crippen molar-refractivity contribution in [3.8, 4) is 16.5 Å². The predicted octanol–water partition coefficient (Wildman–Crippen LogP) is 3.20. The summed E-state index contributed by atoms with van der Waals surface area (Å²) in [6.45, 7) is 2.47. The van der Waals surface area contributed by atoms with Gasteiger partial charge < -0.3 is 14.8 Å². The second-order valence-electron chi connectivity index (χ2n) is 4.93. The Morgan fingerprint density at radius 2 is 2.00 bits per heavy atom. The Morgan fingerprint density at radius 1 is 1.12 bits per heavy atom. The molecule has 124 valence electrons. The molecule has 0 aliphatic rings. The number of hydrogen-bond acceptors (Lipinski definition) is 8. The van der Waals surface area contributed by atoms with Crippen LogP contribution in [0, 0.1) is 6.92 Å². The smallest absolute Gasteiger partial charge is 0.227 e. The van der Waals surface area contributed by atoms with Gasteiger partial charge in [-0.2, -0.15) is 0 Å². The lowest BCUT2D eigenvalue weighted by atomic mass is 10.3. The number of rotatable bonds is 6. The highest BCUT2D eigenvalue weighted by Gasteiger charge is 2.12. The Morgan fingerprint density at radius 3 is 2.71 bits per heavy atom. The third kappa shape index (κ3) is 3.66. The van der Waals surface area contributed by atoms with E-state index in [0.29, 0.717) is 18.4 Å². The van der Waals surface area contributed by atoms with Gasteiger partial charge in [-0.25, -0.2) is 19.9 Å². The van der Waals surface area contributed by atoms with Crippen LogP contribution in [0.4, 0.5) is 11.6 Å². The summed E-state index contributed by atoms with van der Waals surface area (Å²) in [7, 11) is 3.24. The van der Waals surface area contributed by atoms with Crippen molar-refractivity contribution in [2.24, 2.45) is 0 Å². The van der Waals surface area contributed by atoms with Crippen molar-refractivity contribution < 1.29 is 9.47 Å². The molecule has 0 unspecified atom stereocenters. The number of nitrogens with zero attached hydrogens (tertiary/aromatic N) is 4. The minimum atomic E-state index is 0.499. The van der Waals surface area contributed by atoms with Crippen LogP contribution in [0.3, 0.4) is 0 Å². The fourth-order valence-electron chi connectivity index (χ4n) is 2.12. The topological polar surface area (TPSA) is 82.1 Å². The number of anilines is 2. The molecule has 0 aliphatic carbocycles. The van der Waals surface area contributed by atoms with Gasteiger partial charge in [-0.3, -0.25) is 0 Å². The summed E-state index contributed by atoms with van der Waals surface area (Å²) in [5, 5.41) is 4.06. The first-order chi connectivity index (χ1) is 11.7. The molecule has 0 amide bonds. The molecule has 0 aliphatic heterocycles. The average molecular weight is 343 g/mol. The van der Waals surface area contributed by atoms with E-state index in [0.717, 1.165) is 27.0 Å². The number of thiazole rings is 1. The summed E-state index contributed by atoms with van der Waals surface area (Å²) in [4.78, 5) is 18.5. The van der Waals surface area contributed by atoms with Gasteiger partial charge >= 0.3 is 0 Å². The molecule has 8 heteroatoms. The van der Waals surface area contributed by atoms with Gasteiger partial charge in [-0.05, 0) is 19.1 Å². The molecule has 1 N–H and O–H groups in total. The summed E-state index contributed by atoms with van der Waals surface area (Å²) in [6, 6.07) is 5.50. The fraction of sp³-hybridized carbons (Fsp3) is 0.250. The maximum Gasteiger partial charge on any atom is 0.227 e. The molecular formula is C16H17N5O2S. The number of hydrogen-bond donors (Lipinski definition) is 1. The summed E-state index contributed by atoms with van der Waals surface area (Å²) in [5.74, 6) is 1.06. The molecule has 3 rings (SSSR count). The Hall–Kier alpha value is -2.58. The number of ether oxygens (including phenoxy) is 2. The van der Waals surface area contributed by atoms with Gasteiger partial charge in [0, 0.05) is 19.4 Å². The van der Waals surface area contributed by atoms with Gasteiger partial charge in [0.15, 0.2) is 0 Å². The molecule has 0 bridgehead atoms.